The van der Waals surface area contributed by atoms with Crippen molar-refractivity contribution in [1.82, 2.24) is 0 Å². The van der Waals surface area contributed by atoms with Crippen LogP contribution >= 0.6 is 15.9 Å². The van der Waals surface area contributed by atoms with Crippen LogP contribution in [0.15, 0.2) is 16.6 Å². The summed E-state index contributed by atoms with van der Waals surface area (Å²) in [6.45, 7) is 4.82. The smallest absolute Gasteiger partial charge is 0.123 e. The van der Waals surface area contributed by atoms with Crippen molar-refractivity contribution in [3.63, 3.8) is 0 Å². The molecule has 0 spiro atoms. The molecule has 1 rings (SSSR count). The van der Waals surface area contributed by atoms with Crippen LogP contribution in [0.25, 0.3) is 0 Å². The van der Waals surface area contributed by atoms with Crippen LogP contribution in [0.3, 0.4) is 0 Å². The van der Waals surface area contributed by atoms with Gasteiger partial charge >= 0.3 is 0 Å². The fourth-order valence-electron chi connectivity index (χ4n) is 1.49. The number of hydrogen-bond donors (Lipinski definition) is 1. The summed E-state index contributed by atoms with van der Waals surface area (Å²) < 4.78 is 6.42. The minimum atomic E-state index is 0.436. The number of ether oxygens (including phenoxy) is 1. The zero-order valence-corrected chi connectivity index (χ0v) is 10.4. The summed E-state index contributed by atoms with van der Waals surface area (Å²) in [4.78, 5) is 0. The Kier molecular flexibility index (Phi) is 3.96. The van der Waals surface area contributed by atoms with Gasteiger partial charge in [-0.05, 0) is 23.6 Å². The summed E-state index contributed by atoms with van der Waals surface area (Å²) in [5.41, 5.74) is 7.87. The Hall–Kier alpha value is -0.540. The van der Waals surface area contributed by atoms with E-state index in [1.54, 1.807) is 7.11 Å². The Labute approximate surface area is 93.6 Å². The molecule has 14 heavy (non-hydrogen) atoms. The van der Waals surface area contributed by atoms with Crippen LogP contribution in [0.4, 0.5) is 0 Å². The average Bonchev–Trinajstić information content (AvgIpc) is 2.15. The van der Waals surface area contributed by atoms with Gasteiger partial charge in [-0.2, -0.15) is 0 Å². The summed E-state index contributed by atoms with van der Waals surface area (Å²) in [6.07, 6.45) is 0. The zero-order valence-electron chi connectivity index (χ0n) is 8.80. The molecule has 0 aliphatic carbocycles. The maximum Gasteiger partial charge on any atom is 0.123 e. The Bertz CT molecular complexity index is 323. The van der Waals surface area contributed by atoms with Gasteiger partial charge in [0, 0.05) is 16.6 Å². The first-order valence-corrected chi connectivity index (χ1v) is 5.45. The molecular weight excluding hydrogens is 242 g/mol. The minimum Gasteiger partial charge on any atom is -0.496 e. The third-order valence-electron chi connectivity index (χ3n) is 2.18. The van der Waals surface area contributed by atoms with E-state index in [-0.39, 0.29) is 0 Å². The van der Waals surface area contributed by atoms with Crippen molar-refractivity contribution in [3.8, 4) is 5.75 Å². The maximum absolute atomic E-state index is 5.59. The number of methoxy groups -OCH3 is 1. The van der Waals surface area contributed by atoms with E-state index in [0.717, 1.165) is 15.8 Å². The molecule has 0 fully saturated rings. The van der Waals surface area contributed by atoms with E-state index in [1.807, 2.05) is 6.07 Å². The van der Waals surface area contributed by atoms with Gasteiger partial charge in [-0.1, -0.05) is 29.8 Å². The van der Waals surface area contributed by atoms with Gasteiger partial charge in [-0.25, -0.2) is 0 Å². The van der Waals surface area contributed by atoms with Crippen LogP contribution < -0.4 is 10.5 Å². The van der Waals surface area contributed by atoms with Gasteiger partial charge in [0.2, 0.25) is 0 Å². The second-order valence-corrected chi connectivity index (χ2v) is 4.41. The molecule has 0 aliphatic rings. The molecule has 2 N–H and O–H groups in total. The highest BCUT2D eigenvalue weighted by Gasteiger charge is 2.12. The van der Waals surface area contributed by atoms with Gasteiger partial charge in [0.25, 0.3) is 0 Å². The molecule has 1 aromatic rings. The Morgan fingerprint density at radius 2 is 2.07 bits per heavy atom. The molecule has 0 unspecified atom stereocenters. The number of hydrogen-bond acceptors (Lipinski definition) is 2. The predicted molar refractivity (Wildman–Crippen MR) is 62.7 cm³/mol. The molecule has 0 atom stereocenters. The fourth-order valence-corrected chi connectivity index (χ4v) is 2.44. The van der Waals surface area contributed by atoms with E-state index in [9.17, 15) is 0 Å². The molecule has 1 aromatic carbocycles. The van der Waals surface area contributed by atoms with Crippen molar-refractivity contribution >= 4 is 15.9 Å². The SMILES string of the molecule is COc1cc(CN)cc(Br)c1C(C)C. The lowest BCUT2D eigenvalue weighted by Crippen LogP contribution is -2.01. The lowest BCUT2D eigenvalue weighted by molar-refractivity contribution is 0.406. The largest absolute Gasteiger partial charge is 0.496 e. The Morgan fingerprint density at radius 1 is 1.43 bits per heavy atom. The number of rotatable bonds is 3. The maximum atomic E-state index is 5.59. The third-order valence-corrected chi connectivity index (χ3v) is 2.84. The van der Waals surface area contributed by atoms with Crippen molar-refractivity contribution in [1.29, 1.82) is 0 Å². The lowest BCUT2D eigenvalue weighted by Gasteiger charge is -2.15. The summed E-state index contributed by atoms with van der Waals surface area (Å²) in [6, 6.07) is 4.05. The fraction of sp³-hybridized carbons (Fsp3) is 0.455. The van der Waals surface area contributed by atoms with E-state index in [0.29, 0.717) is 12.5 Å². The monoisotopic (exact) mass is 257 g/mol. The summed E-state index contributed by atoms with van der Waals surface area (Å²) in [5.74, 6) is 1.35. The van der Waals surface area contributed by atoms with Crippen molar-refractivity contribution in [3.05, 3.63) is 27.7 Å². The van der Waals surface area contributed by atoms with Gasteiger partial charge in [0.05, 0.1) is 7.11 Å². The molecule has 0 aromatic heterocycles. The molecule has 0 aliphatic heterocycles. The van der Waals surface area contributed by atoms with E-state index in [1.165, 1.54) is 5.56 Å². The quantitative estimate of drug-likeness (QED) is 0.904. The highest BCUT2D eigenvalue weighted by Crippen LogP contribution is 2.34. The van der Waals surface area contributed by atoms with E-state index in [2.05, 4.69) is 35.8 Å². The summed E-state index contributed by atoms with van der Waals surface area (Å²) in [5, 5.41) is 0. The molecule has 0 saturated heterocycles. The number of halogens is 1. The van der Waals surface area contributed by atoms with Crippen molar-refractivity contribution in [2.75, 3.05) is 7.11 Å². The Morgan fingerprint density at radius 3 is 2.50 bits per heavy atom. The summed E-state index contributed by atoms with van der Waals surface area (Å²) in [7, 11) is 1.69. The van der Waals surface area contributed by atoms with Crippen LogP contribution in [0.2, 0.25) is 0 Å². The second-order valence-electron chi connectivity index (χ2n) is 3.55. The molecule has 0 radical (unpaired) electrons. The van der Waals surface area contributed by atoms with Gasteiger partial charge < -0.3 is 10.5 Å². The number of benzene rings is 1. The predicted octanol–water partition coefficient (Wildman–Crippen LogP) is 3.04. The Balaban J connectivity index is 3.27. The first-order valence-electron chi connectivity index (χ1n) is 4.66. The zero-order chi connectivity index (χ0) is 10.7. The van der Waals surface area contributed by atoms with Crippen LogP contribution in [-0.4, -0.2) is 7.11 Å². The molecular formula is C11H16BrNO. The van der Waals surface area contributed by atoms with E-state index >= 15 is 0 Å². The number of nitrogens with two attached hydrogens (primary N) is 1. The van der Waals surface area contributed by atoms with Gasteiger partial charge in [-0.3, -0.25) is 0 Å². The second kappa shape index (κ2) is 4.80. The molecule has 3 heteroatoms. The third kappa shape index (κ3) is 2.28. The highest BCUT2D eigenvalue weighted by atomic mass is 79.9. The molecule has 0 heterocycles. The minimum absolute atomic E-state index is 0.436. The van der Waals surface area contributed by atoms with Crippen LogP contribution in [0.5, 0.6) is 5.75 Å². The van der Waals surface area contributed by atoms with Gasteiger partial charge in [0.15, 0.2) is 0 Å². The van der Waals surface area contributed by atoms with Crippen molar-refractivity contribution in [2.45, 2.75) is 26.3 Å². The average molecular weight is 258 g/mol. The highest BCUT2D eigenvalue weighted by molar-refractivity contribution is 9.10. The summed E-state index contributed by atoms with van der Waals surface area (Å²) >= 11 is 3.54. The van der Waals surface area contributed by atoms with Crippen LogP contribution in [0.1, 0.15) is 30.9 Å². The van der Waals surface area contributed by atoms with Crippen LogP contribution in [0, 0.1) is 0 Å². The molecule has 0 saturated carbocycles. The van der Waals surface area contributed by atoms with Gasteiger partial charge in [-0.15, -0.1) is 0 Å². The molecule has 78 valence electrons. The standard InChI is InChI=1S/C11H16BrNO/c1-7(2)11-9(12)4-8(6-13)5-10(11)14-3/h4-5,7H,6,13H2,1-3H3. The van der Waals surface area contributed by atoms with Crippen molar-refractivity contribution < 1.29 is 4.74 Å². The first-order chi connectivity index (χ1) is 6.60. The van der Waals surface area contributed by atoms with E-state index < -0.39 is 0 Å². The lowest BCUT2D eigenvalue weighted by atomic mass is 10.0. The van der Waals surface area contributed by atoms with E-state index in [4.69, 9.17) is 10.5 Å². The topological polar surface area (TPSA) is 35.2 Å². The van der Waals surface area contributed by atoms with Crippen molar-refractivity contribution in [2.24, 2.45) is 5.73 Å². The normalized spacial score (nSPS) is 10.7. The van der Waals surface area contributed by atoms with Crippen LogP contribution in [-0.2, 0) is 6.54 Å². The first kappa shape index (κ1) is 11.5. The van der Waals surface area contributed by atoms with Gasteiger partial charge in [0.1, 0.15) is 5.75 Å². The molecule has 0 bridgehead atoms. The molecule has 2 nitrogen and oxygen atoms in total. The molecule has 0 amide bonds.